The Morgan fingerprint density at radius 1 is 1.38 bits per heavy atom. The smallest absolute Gasteiger partial charge is 0.249 e. The van der Waals surface area contributed by atoms with Gasteiger partial charge in [-0.3, -0.25) is 4.79 Å². The first-order valence-electron chi connectivity index (χ1n) is 5.19. The molecule has 1 saturated heterocycles. The second-order valence-corrected chi connectivity index (χ2v) is 4.14. The number of nitrogens with one attached hydrogen (secondary N) is 1. The van der Waals surface area contributed by atoms with Gasteiger partial charge < -0.3 is 10.1 Å². The fourth-order valence-corrected chi connectivity index (χ4v) is 2.24. The number of carbonyl (C=O) groups is 1. The maximum absolute atomic E-state index is 11.4. The molecular weight excluding hydrogens is 166 g/mol. The third kappa shape index (κ3) is 1.85. The fourth-order valence-electron chi connectivity index (χ4n) is 2.24. The first-order chi connectivity index (χ1) is 6.27. The average molecular weight is 183 g/mol. The van der Waals surface area contributed by atoms with E-state index in [9.17, 15) is 4.79 Å². The summed E-state index contributed by atoms with van der Waals surface area (Å²) < 4.78 is 5.47. The van der Waals surface area contributed by atoms with Crippen LogP contribution in [-0.4, -0.2) is 24.7 Å². The molecule has 3 atom stereocenters. The van der Waals surface area contributed by atoms with E-state index in [0.29, 0.717) is 12.0 Å². The van der Waals surface area contributed by atoms with Gasteiger partial charge in [0, 0.05) is 12.0 Å². The highest BCUT2D eigenvalue weighted by atomic mass is 16.5. The van der Waals surface area contributed by atoms with Crippen molar-refractivity contribution in [3.63, 3.8) is 0 Å². The van der Waals surface area contributed by atoms with E-state index in [1.165, 1.54) is 19.3 Å². The Hall–Kier alpha value is -0.570. The van der Waals surface area contributed by atoms with Crippen LogP contribution in [0.2, 0.25) is 0 Å². The summed E-state index contributed by atoms with van der Waals surface area (Å²) >= 11 is 0. The summed E-state index contributed by atoms with van der Waals surface area (Å²) in [6, 6.07) is 0.381. The van der Waals surface area contributed by atoms with Crippen LogP contribution in [-0.2, 0) is 9.53 Å². The van der Waals surface area contributed by atoms with Crippen LogP contribution in [0.1, 0.15) is 32.6 Å². The molecular formula is C10H17NO2. The summed E-state index contributed by atoms with van der Waals surface area (Å²) in [6.45, 7) is 2.58. The summed E-state index contributed by atoms with van der Waals surface area (Å²) in [5, 5.41) is 3.07. The molecule has 0 bridgehead atoms. The van der Waals surface area contributed by atoms with Gasteiger partial charge in [-0.15, -0.1) is 0 Å². The van der Waals surface area contributed by atoms with E-state index in [2.05, 4.69) is 5.32 Å². The van der Waals surface area contributed by atoms with Crippen LogP contribution in [0.15, 0.2) is 0 Å². The highest BCUT2D eigenvalue weighted by molar-refractivity contribution is 5.80. The molecule has 1 N–H and O–H groups in total. The van der Waals surface area contributed by atoms with Crippen molar-refractivity contribution in [3.05, 3.63) is 0 Å². The van der Waals surface area contributed by atoms with Gasteiger partial charge in [0.1, 0.15) is 6.10 Å². The Bertz CT molecular complexity index is 205. The summed E-state index contributed by atoms with van der Waals surface area (Å²) in [5.74, 6) is 0.622. The van der Waals surface area contributed by atoms with Crippen LogP contribution in [0, 0.1) is 5.92 Å². The maximum Gasteiger partial charge on any atom is 0.249 e. The monoisotopic (exact) mass is 183 g/mol. The van der Waals surface area contributed by atoms with Crippen molar-refractivity contribution in [2.45, 2.75) is 44.8 Å². The predicted molar refractivity (Wildman–Crippen MR) is 49.3 cm³/mol. The number of amides is 1. The van der Waals surface area contributed by atoms with Crippen molar-refractivity contribution in [2.24, 2.45) is 5.92 Å². The molecule has 0 aromatic heterocycles. The van der Waals surface area contributed by atoms with E-state index < -0.39 is 0 Å². The highest BCUT2D eigenvalue weighted by Crippen LogP contribution is 2.26. The van der Waals surface area contributed by atoms with E-state index in [4.69, 9.17) is 4.74 Å². The van der Waals surface area contributed by atoms with Gasteiger partial charge in [0.05, 0.1) is 6.61 Å². The van der Waals surface area contributed by atoms with Crippen molar-refractivity contribution in [3.8, 4) is 0 Å². The zero-order valence-corrected chi connectivity index (χ0v) is 8.08. The molecule has 2 aliphatic rings. The molecule has 2 fully saturated rings. The molecule has 0 unspecified atom stereocenters. The minimum Gasteiger partial charge on any atom is -0.368 e. The average Bonchev–Trinajstić information content (AvgIpc) is 2.28. The number of hydrogen-bond donors (Lipinski definition) is 1. The summed E-state index contributed by atoms with van der Waals surface area (Å²) in [4.78, 5) is 11.4. The predicted octanol–water partition coefficient (Wildman–Crippen LogP) is 1.08. The van der Waals surface area contributed by atoms with Gasteiger partial charge in [0.25, 0.3) is 0 Å². The third-order valence-electron chi connectivity index (χ3n) is 3.17. The van der Waals surface area contributed by atoms with E-state index in [1.807, 2.05) is 6.92 Å². The van der Waals surface area contributed by atoms with Crippen molar-refractivity contribution in [2.75, 3.05) is 6.61 Å². The third-order valence-corrected chi connectivity index (χ3v) is 3.17. The van der Waals surface area contributed by atoms with Crippen molar-refractivity contribution >= 4 is 5.91 Å². The molecule has 0 aromatic rings. The molecule has 13 heavy (non-hydrogen) atoms. The first-order valence-corrected chi connectivity index (χ1v) is 5.19. The Kier molecular flexibility index (Phi) is 2.54. The molecule has 0 radical (unpaired) electrons. The molecule has 1 saturated carbocycles. The Labute approximate surface area is 78.8 Å². The summed E-state index contributed by atoms with van der Waals surface area (Å²) in [5.41, 5.74) is 0. The molecule has 1 aliphatic heterocycles. The van der Waals surface area contributed by atoms with Gasteiger partial charge >= 0.3 is 0 Å². The number of hydrogen-bond acceptors (Lipinski definition) is 2. The topological polar surface area (TPSA) is 38.3 Å². The lowest BCUT2D eigenvalue weighted by atomic mass is 9.85. The molecule has 1 heterocycles. The summed E-state index contributed by atoms with van der Waals surface area (Å²) in [6.07, 6.45) is 4.61. The van der Waals surface area contributed by atoms with Gasteiger partial charge in [-0.2, -0.15) is 0 Å². The SMILES string of the molecule is C[C@H]1OC[C@H]2CCCC[C@H]2NC1=O. The fraction of sp³-hybridized carbons (Fsp3) is 0.900. The highest BCUT2D eigenvalue weighted by Gasteiger charge is 2.31. The molecule has 0 aromatic carbocycles. The minimum absolute atomic E-state index is 0.0643. The summed E-state index contributed by atoms with van der Waals surface area (Å²) in [7, 11) is 0. The Balaban J connectivity index is 2.04. The van der Waals surface area contributed by atoms with Crippen LogP contribution in [0.4, 0.5) is 0 Å². The first kappa shape index (κ1) is 9.00. The van der Waals surface area contributed by atoms with Crippen LogP contribution >= 0.6 is 0 Å². The second kappa shape index (κ2) is 3.66. The molecule has 3 heteroatoms. The molecule has 0 spiro atoms. The number of fused-ring (bicyclic) bond motifs is 1. The Morgan fingerprint density at radius 3 is 3.00 bits per heavy atom. The lowest BCUT2D eigenvalue weighted by molar-refractivity contribution is -0.130. The van der Waals surface area contributed by atoms with E-state index in [1.54, 1.807) is 0 Å². The van der Waals surface area contributed by atoms with Crippen molar-refractivity contribution in [1.82, 2.24) is 5.32 Å². The number of ether oxygens (including phenoxy) is 1. The van der Waals surface area contributed by atoms with Gasteiger partial charge in [-0.25, -0.2) is 0 Å². The largest absolute Gasteiger partial charge is 0.368 e. The Morgan fingerprint density at radius 2 is 2.15 bits per heavy atom. The standard InChI is InChI=1S/C10H17NO2/c1-7-10(12)11-9-5-3-2-4-8(9)6-13-7/h7-9H,2-6H2,1H3,(H,11,12)/t7-,8-,9-/m1/s1. The van der Waals surface area contributed by atoms with Crippen LogP contribution in [0.5, 0.6) is 0 Å². The number of carbonyl (C=O) groups excluding carboxylic acids is 1. The van der Waals surface area contributed by atoms with Crippen LogP contribution in [0.25, 0.3) is 0 Å². The normalized spacial score (nSPS) is 40.4. The number of rotatable bonds is 0. The van der Waals surface area contributed by atoms with Gasteiger partial charge in [-0.1, -0.05) is 12.8 Å². The van der Waals surface area contributed by atoms with Crippen LogP contribution < -0.4 is 5.32 Å². The molecule has 3 nitrogen and oxygen atoms in total. The van der Waals surface area contributed by atoms with Crippen molar-refractivity contribution < 1.29 is 9.53 Å². The van der Waals surface area contributed by atoms with Crippen molar-refractivity contribution in [1.29, 1.82) is 0 Å². The zero-order chi connectivity index (χ0) is 9.26. The van der Waals surface area contributed by atoms with Gasteiger partial charge in [0.2, 0.25) is 5.91 Å². The maximum atomic E-state index is 11.4. The molecule has 1 aliphatic carbocycles. The van der Waals surface area contributed by atoms with E-state index >= 15 is 0 Å². The molecule has 2 rings (SSSR count). The van der Waals surface area contributed by atoms with E-state index in [-0.39, 0.29) is 12.0 Å². The second-order valence-electron chi connectivity index (χ2n) is 4.14. The van der Waals surface area contributed by atoms with Gasteiger partial charge in [-0.05, 0) is 19.8 Å². The lowest BCUT2D eigenvalue weighted by Crippen LogP contribution is -2.42. The van der Waals surface area contributed by atoms with Crippen LogP contribution in [0.3, 0.4) is 0 Å². The minimum atomic E-state index is -0.259. The quantitative estimate of drug-likeness (QED) is 0.610. The van der Waals surface area contributed by atoms with E-state index in [0.717, 1.165) is 13.0 Å². The van der Waals surface area contributed by atoms with Gasteiger partial charge in [0.15, 0.2) is 0 Å². The molecule has 74 valence electrons. The molecule has 1 amide bonds. The zero-order valence-electron chi connectivity index (χ0n) is 8.08. The lowest BCUT2D eigenvalue weighted by Gasteiger charge is -2.29.